The summed E-state index contributed by atoms with van der Waals surface area (Å²) in [6.45, 7) is 5.36. The number of thiophene rings is 1. The van der Waals surface area contributed by atoms with E-state index in [-0.39, 0.29) is 24.1 Å². The van der Waals surface area contributed by atoms with Gasteiger partial charge in [0.15, 0.2) is 0 Å². The number of hydrogen-bond acceptors (Lipinski definition) is 5. The Morgan fingerprint density at radius 1 is 1.48 bits per heavy atom. The van der Waals surface area contributed by atoms with E-state index in [1.165, 1.54) is 16.0 Å². The maximum atomic E-state index is 12.6. The molecule has 0 aliphatic heterocycles. The van der Waals surface area contributed by atoms with Crippen LogP contribution in [-0.4, -0.2) is 29.9 Å². The summed E-state index contributed by atoms with van der Waals surface area (Å²) >= 11 is 1.51. The minimum absolute atomic E-state index is 0.0829. The summed E-state index contributed by atoms with van der Waals surface area (Å²) in [4.78, 5) is 1.15. The molecule has 116 valence electrons. The third kappa shape index (κ3) is 3.34. The molecule has 0 spiro atoms. The van der Waals surface area contributed by atoms with E-state index in [9.17, 15) is 8.42 Å². The van der Waals surface area contributed by atoms with Crippen LogP contribution in [0.4, 0.5) is 0 Å². The van der Waals surface area contributed by atoms with Crippen molar-refractivity contribution in [3.05, 3.63) is 33.8 Å². The van der Waals surface area contributed by atoms with E-state index in [4.69, 9.17) is 5.11 Å². The molecule has 1 unspecified atom stereocenters. The third-order valence-corrected chi connectivity index (χ3v) is 6.04. The summed E-state index contributed by atoms with van der Waals surface area (Å²) in [5.41, 5.74) is 0.972. The Morgan fingerprint density at radius 3 is 2.76 bits per heavy atom. The van der Waals surface area contributed by atoms with Crippen LogP contribution in [0.2, 0.25) is 0 Å². The lowest BCUT2D eigenvalue weighted by molar-refractivity contribution is 0.267. The van der Waals surface area contributed by atoms with Gasteiger partial charge in [0, 0.05) is 4.88 Å². The maximum Gasteiger partial charge on any atom is 0.244 e. The molecule has 0 amide bonds. The molecule has 0 aromatic carbocycles. The number of aliphatic hydroxyl groups excluding tert-OH is 1. The lowest BCUT2D eigenvalue weighted by atomic mass is 10.3. The van der Waals surface area contributed by atoms with Crippen LogP contribution in [0.15, 0.2) is 22.4 Å². The summed E-state index contributed by atoms with van der Waals surface area (Å²) < 4.78 is 29.3. The topological polar surface area (TPSA) is 84.2 Å². The van der Waals surface area contributed by atoms with Crippen molar-refractivity contribution >= 4 is 21.4 Å². The average molecular weight is 329 g/mol. The fourth-order valence-corrected chi connectivity index (χ4v) is 4.71. The van der Waals surface area contributed by atoms with Crippen LogP contribution in [-0.2, 0) is 16.6 Å². The summed E-state index contributed by atoms with van der Waals surface area (Å²) in [5.74, 6) is 0. The molecular formula is C13H19N3O3S2. The Kier molecular flexibility index (Phi) is 4.82. The Hall–Kier alpha value is -1.22. The number of aryl methyl sites for hydroxylation is 1. The third-order valence-electron chi connectivity index (χ3n) is 3.20. The maximum absolute atomic E-state index is 12.6. The van der Waals surface area contributed by atoms with Crippen LogP contribution in [0.5, 0.6) is 0 Å². The van der Waals surface area contributed by atoms with Gasteiger partial charge in [-0.05, 0) is 32.2 Å². The number of aliphatic hydroxyl groups is 1. The largest absolute Gasteiger partial charge is 0.394 e. The van der Waals surface area contributed by atoms with Gasteiger partial charge in [-0.2, -0.15) is 5.10 Å². The van der Waals surface area contributed by atoms with Gasteiger partial charge in [-0.1, -0.05) is 6.07 Å². The summed E-state index contributed by atoms with van der Waals surface area (Å²) in [5, 5.41) is 15.1. The highest BCUT2D eigenvalue weighted by molar-refractivity contribution is 7.89. The van der Waals surface area contributed by atoms with E-state index in [0.717, 1.165) is 4.88 Å². The first-order chi connectivity index (χ1) is 9.86. The predicted octanol–water partition coefficient (Wildman–Crippen LogP) is 1.59. The van der Waals surface area contributed by atoms with Gasteiger partial charge in [0.25, 0.3) is 0 Å². The zero-order valence-corrected chi connectivity index (χ0v) is 13.8. The Bertz CT molecular complexity index is 705. The number of nitrogens with one attached hydrogen (secondary N) is 1. The molecule has 2 heterocycles. The normalized spacial score (nSPS) is 13.5. The van der Waals surface area contributed by atoms with Crippen molar-refractivity contribution < 1.29 is 13.5 Å². The van der Waals surface area contributed by atoms with Crippen molar-refractivity contribution in [3.8, 4) is 0 Å². The van der Waals surface area contributed by atoms with E-state index in [2.05, 4.69) is 9.82 Å². The van der Waals surface area contributed by atoms with Crippen LogP contribution in [0.1, 0.15) is 29.2 Å². The average Bonchev–Trinajstić information content (AvgIpc) is 2.98. The standard InChI is InChI=1S/C13H19N3O3S2/c1-9(12-5-4-8-20-12)15-21(18,19)13-10(2)14-16(6-7-17)11(13)3/h4-5,8-9,15,17H,6-7H2,1-3H3. The van der Waals surface area contributed by atoms with Crippen LogP contribution < -0.4 is 4.72 Å². The fourth-order valence-electron chi connectivity index (χ4n) is 2.27. The van der Waals surface area contributed by atoms with E-state index in [1.54, 1.807) is 13.8 Å². The molecular weight excluding hydrogens is 310 g/mol. The number of sulfonamides is 1. The van der Waals surface area contributed by atoms with Crippen LogP contribution in [0.25, 0.3) is 0 Å². The Labute approximate surface area is 128 Å². The predicted molar refractivity (Wildman–Crippen MR) is 81.8 cm³/mol. The molecule has 0 bridgehead atoms. The Balaban J connectivity index is 2.32. The summed E-state index contributed by atoms with van der Waals surface area (Å²) in [6.07, 6.45) is 0. The molecule has 21 heavy (non-hydrogen) atoms. The molecule has 2 rings (SSSR count). The van der Waals surface area contributed by atoms with Crippen molar-refractivity contribution in [2.45, 2.75) is 38.3 Å². The Morgan fingerprint density at radius 2 is 2.19 bits per heavy atom. The van der Waals surface area contributed by atoms with Gasteiger partial charge in [-0.15, -0.1) is 11.3 Å². The molecule has 0 aliphatic rings. The first kappa shape index (κ1) is 16.2. The first-order valence-corrected chi connectivity index (χ1v) is 8.93. The van der Waals surface area contributed by atoms with Gasteiger partial charge in [0.2, 0.25) is 10.0 Å². The minimum Gasteiger partial charge on any atom is -0.394 e. The molecule has 0 saturated heterocycles. The lowest BCUT2D eigenvalue weighted by Gasteiger charge is -2.13. The molecule has 6 nitrogen and oxygen atoms in total. The molecule has 8 heteroatoms. The van der Waals surface area contributed by atoms with Gasteiger partial charge in [-0.25, -0.2) is 13.1 Å². The quantitative estimate of drug-likeness (QED) is 0.843. The van der Waals surface area contributed by atoms with Crippen molar-refractivity contribution in [2.24, 2.45) is 0 Å². The van der Waals surface area contributed by atoms with Gasteiger partial charge in [0.1, 0.15) is 4.90 Å². The highest BCUT2D eigenvalue weighted by Gasteiger charge is 2.26. The molecule has 0 saturated carbocycles. The van der Waals surface area contributed by atoms with Crippen molar-refractivity contribution in [1.29, 1.82) is 0 Å². The van der Waals surface area contributed by atoms with E-state index < -0.39 is 10.0 Å². The second-order valence-corrected chi connectivity index (χ2v) is 7.44. The van der Waals surface area contributed by atoms with Crippen molar-refractivity contribution in [1.82, 2.24) is 14.5 Å². The summed E-state index contributed by atoms with van der Waals surface area (Å²) in [6, 6.07) is 3.49. The highest BCUT2D eigenvalue weighted by atomic mass is 32.2. The molecule has 2 aromatic heterocycles. The van der Waals surface area contributed by atoms with Gasteiger partial charge in [0.05, 0.1) is 30.6 Å². The molecule has 2 N–H and O–H groups in total. The first-order valence-electron chi connectivity index (χ1n) is 6.57. The fraction of sp³-hybridized carbons (Fsp3) is 0.462. The van der Waals surface area contributed by atoms with Gasteiger partial charge < -0.3 is 5.11 Å². The van der Waals surface area contributed by atoms with Crippen molar-refractivity contribution in [2.75, 3.05) is 6.61 Å². The van der Waals surface area contributed by atoms with Crippen LogP contribution in [0, 0.1) is 13.8 Å². The monoisotopic (exact) mass is 329 g/mol. The molecule has 2 aromatic rings. The lowest BCUT2D eigenvalue weighted by Crippen LogP contribution is -2.27. The summed E-state index contributed by atoms with van der Waals surface area (Å²) in [7, 11) is -3.65. The van der Waals surface area contributed by atoms with Crippen molar-refractivity contribution in [3.63, 3.8) is 0 Å². The minimum atomic E-state index is -3.65. The molecule has 1 atom stereocenters. The van der Waals surface area contributed by atoms with Crippen LogP contribution >= 0.6 is 11.3 Å². The number of nitrogens with zero attached hydrogens (tertiary/aromatic N) is 2. The van der Waals surface area contributed by atoms with Gasteiger partial charge >= 0.3 is 0 Å². The van der Waals surface area contributed by atoms with E-state index in [1.807, 2.05) is 24.4 Å². The molecule has 0 fully saturated rings. The van der Waals surface area contributed by atoms with Crippen LogP contribution in [0.3, 0.4) is 0 Å². The number of rotatable bonds is 6. The molecule has 0 aliphatic carbocycles. The van der Waals surface area contributed by atoms with E-state index >= 15 is 0 Å². The second-order valence-electron chi connectivity index (χ2n) is 4.81. The highest BCUT2D eigenvalue weighted by Crippen LogP contribution is 2.24. The van der Waals surface area contributed by atoms with Gasteiger partial charge in [-0.3, -0.25) is 4.68 Å². The number of hydrogen-bond donors (Lipinski definition) is 2. The van der Waals surface area contributed by atoms with E-state index in [0.29, 0.717) is 11.4 Å². The second kappa shape index (κ2) is 6.27. The zero-order chi connectivity index (χ0) is 15.6. The molecule has 0 radical (unpaired) electrons. The zero-order valence-electron chi connectivity index (χ0n) is 12.2. The smallest absolute Gasteiger partial charge is 0.244 e. The number of aromatic nitrogens is 2. The SMILES string of the molecule is Cc1nn(CCO)c(C)c1S(=O)(=O)NC(C)c1cccs1.